The van der Waals surface area contributed by atoms with Gasteiger partial charge in [0.05, 0.1) is 31.1 Å². The summed E-state index contributed by atoms with van der Waals surface area (Å²) >= 11 is 7.69. The van der Waals surface area contributed by atoms with Crippen LogP contribution in [0.5, 0.6) is 0 Å². The van der Waals surface area contributed by atoms with Gasteiger partial charge in [-0.3, -0.25) is 0 Å². The number of hydrogen-bond acceptors (Lipinski definition) is 4. The van der Waals surface area contributed by atoms with E-state index in [-0.39, 0.29) is 6.10 Å². The van der Waals surface area contributed by atoms with Gasteiger partial charge in [-0.15, -0.1) is 11.8 Å². The molecule has 0 radical (unpaired) electrons. The SMILES string of the molecule is FC(F)(F)c1ccc(-c2ccc(SCC3COC(CCc4ccc(Cl)cc4)(Cn4ccnc4)O3)cc2)cc1. The lowest BCUT2D eigenvalue weighted by Gasteiger charge is -2.28. The first-order valence-corrected chi connectivity index (χ1v) is 13.6. The first kappa shape index (κ1) is 26.8. The number of ether oxygens (including phenoxy) is 2. The van der Waals surface area contributed by atoms with Crippen LogP contribution in [0.15, 0.2) is 96.4 Å². The van der Waals surface area contributed by atoms with Crippen molar-refractivity contribution in [2.75, 3.05) is 12.4 Å². The minimum absolute atomic E-state index is 0.0803. The van der Waals surface area contributed by atoms with Crippen LogP contribution in [0.1, 0.15) is 17.5 Å². The number of rotatable bonds is 9. The molecule has 0 aliphatic carbocycles. The second-order valence-corrected chi connectivity index (χ2v) is 10.8. The van der Waals surface area contributed by atoms with Crippen molar-refractivity contribution in [1.29, 1.82) is 0 Å². The standard InChI is InChI=1S/C29H26ClF3N2O2S/c30-25-9-1-21(2-10-25)13-14-28(19-35-16-15-34-20-35)36-17-26(37-28)18-38-27-11-5-23(6-12-27)22-3-7-24(8-4-22)29(31,32)33/h1-12,15-16,20,26H,13-14,17-19H2. The molecule has 2 atom stereocenters. The molecule has 0 N–H and O–H groups in total. The number of hydrogen-bond donors (Lipinski definition) is 0. The Labute approximate surface area is 228 Å². The van der Waals surface area contributed by atoms with E-state index in [0.717, 1.165) is 40.1 Å². The molecular weight excluding hydrogens is 533 g/mol. The molecule has 1 aliphatic heterocycles. The van der Waals surface area contributed by atoms with E-state index in [9.17, 15) is 13.2 Å². The average Bonchev–Trinajstić information content (AvgIpc) is 3.58. The highest BCUT2D eigenvalue weighted by Gasteiger charge is 2.41. The number of benzene rings is 3. The first-order valence-electron chi connectivity index (χ1n) is 12.2. The molecule has 1 aliphatic rings. The summed E-state index contributed by atoms with van der Waals surface area (Å²) in [6.45, 7) is 1.04. The van der Waals surface area contributed by atoms with E-state index in [1.807, 2.05) is 59.3 Å². The summed E-state index contributed by atoms with van der Waals surface area (Å²) in [6.07, 6.45) is 2.46. The summed E-state index contributed by atoms with van der Waals surface area (Å²) in [5, 5.41) is 0.708. The Morgan fingerprint density at radius 2 is 1.66 bits per heavy atom. The molecule has 0 bridgehead atoms. The van der Waals surface area contributed by atoms with Crippen molar-refractivity contribution in [3.05, 3.63) is 108 Å². The fourth-order valence-electron chi connectivity index (χ4n) is 4.42. The largest absolute Gasteiger partial charge is 0.416 e. The zero-order valence-electron chi connectivity index (χ0n) is 20.4. The van der Waals surface area contributed by atoms with Gasteiger partial charge in [0.2, 0.25) is 0 Å². The van der Waals surface area contributed by atoms with Crippen LogP contribution in [-0.4, -0.2) is 33.8 Å². The summed E-state index contributed by atoms with van der Waals surface area (Å²) in [5.41, 5.74) is 2.12. The van der Waals surface area contributed by atoms with Crippen LogP contribution in [-0.2, 0) is 28.6 Å². The number of thioether (sulfide) groups is 1. The summed E-state index contributed by atoms with van der Waals surface area (Å²) in [7, 11) is 0. The Morgan fingerprint density at radius 3 is 2.29 bits per heavy atom. The maximum atomic E-state index is 12.8. The van der Waals surface area contributed by atoms with Gasteiger partial charge in [0.25, 0.3) is 0 Å². The number of aromatic nitrogens is 2. The van der Waals surface area contributed by atoms with Gasteiger partial charge in [0, 0.05) is 34.5 Å². The number of halogens is 4. The van der Waals surface area contributed by atoms with E-state index in [0.29, 0.717) is 30.3 Å². The van der Waals surface area contributed by atoms with E-state index in [1.165, 1.54) is 12.1 Å². The fraction of sp³-hybridized carbons (Fsp3) is 0.276. The van der Waals surface area contributed by atoms with Gasteiger partial charge < -0.3 is 14.0 Å². The van der Waals surface area contributed by atoms with Crippen LogP contribution in [0.25, 0.3) is 11.1 Å². The van der Waals surface area contributed by atoms with Gasteiger partial charge in [-0.05, 0) is 59.5 Å². The van der Waals surface area contributed by atoms with Gasteiger partial charge in [0.15, 0.2) is 5.79 Å². The zero-order valence-corrected chi connectivity index (χ0v) is 22.0. The molecule has 9 heteroatoms. The molecular formula is C29H26ClF3N2O2S. The van der Waals surface area contributed by atoms with Crippen LogP contribution in [0.2, 0.25) is 5.02 Å². The third-order valence-corrected chi connectivity index (χ3v) is 7.84. The summed E-state index contributed by atoms with van der Waals surface area (Å²) in [4.78, 5) is 5.20. The Balaban J connectivity index is 1.19. The molecule has 2 heterocycles. The number of aryl methyl sites for hydroxylation is 1. The van der Waals surface area contributed by atoms with Crippen LogP contribution < -0.4 is 0 Å². The quantitative estimate of drug-likeness (QED) is 0.197. The first-order chi connectivity index (χ1) is 18.3. The van der Waals surface area contributed by atoms with Crippen molar-refractivity contribution in [2.24, 2.45) is 0 Å². The minimum atomic E-state index is -4.34. The fourth-order valence-corrected chi connectivity index (χ4v) is 5.42. The van der Waals surface area contributed by atoms with Crippen molar-refractivity contribution in [2.45, 2.75) is 42.3 Å². The molecule has 0 amide bonds. The molecule has 1 fully saturated rings. The molecule has 2 unspecified atom stereocenters. The summed E-state index contributed by atoms with van der Waals surface area (Å²) in [5.74, 6) is -0.0375. The number of nitrogens with zero attached hydrogens (tertiary/aromatic N) is 2. The van der Waals surface area contributed by atoms with Crippen LogP contribution in [0.3, 0.4) is 0 Å². The van der Waals surface area contributed by atoms with E-state index >= 15 is 0 Å². The predicted octanol–water partition coefficient (Wildman–Crippen LogP) is 7.76. The summed E-state index contributed by atoms with van der Waals surface area (Å²) in [6, 6.07) is 20.8. The highest BCUT2D eigenvalue weighted by molar-refractivity contribution is 7.99. The van der Waals surface area contributed by atoms with E-state index < -0.39 is 17.5 Å². The summed E-state index contributed by atoms with van der Waals surface area (Å²) < 4.78 is 53.3. The molecule has 4 aromatic rings. The Morgan fingerprint density at radius 1 is 0.974 bits per heavy atom. The average molecular weight is 559 g/mol. The van der Waals surface area contributed by atoms with Gasteiger partial charge in [-0.25, -0.2) is 4.98 Å². The maximum Gasteiger partial charge on any atom is 0.416 e. The molecule has 5 rings (SSSR count). The molecule has 0 saturated carbocycles. The second kappa shape index (κ2) is 11.5. The smallest absolute Gasteiger partial charge is 0.345 e. The normalized spacial score (nSPS) is 19.6. The molecule has 198 valence electrons. The Bertz CT molecular complexity index is 1310. The van der Waals surface area contributed by atoms with E-state index in [1.54, 1.807) is 24.3 Å². The molecule has 38 heavy (non-hydrogen) atoms. The van der Waals surface area contributed by atoms with Gasteiger partial charge in [-0.1, -0.05) is 48.0 Å². The number of alkyl halides is 3. The Kier molecular flexibility index (Phi) is 8.14. The van der Waals surface area contributed by atoms with Crippen molar-refractivity contribution >= 4 is 23.4 Å². The second-order valence-electron chi connectivity index (χ2n) is 9.23. The lowest BCUT2D eigenvalue weighted by molar-refractivity contribution is -0.180. The molecule has 1 saturated heterocycles. The van der Waals surface area contributed by atoms with Gasteiger partial charge >= 0.3 is 6.18 Å². The van der Waals surface area contributed by atoms with Crippen molar-refractivity contribution in [1.82, 2.24) is 9.55 Å². The number of imidazole rings is 1. The Hall–Kier alpha value is -2.78. The molecule has 0 spiro atoms. The third kappa shape index (κ3) is 6.80. The van der Waals surface area contributed by atoms with E-state index in [2.05, 4.69) is 4.98 Å². The minimum Gasteiger partial charge on any atom is -0.345 e. The lowest BCUT2D eigenvalue weighted by Crippen LogP contribution is -2.37. The van der Waals surface area contributed by atoms with Crippen molar-refractivity contribution < 1.29 is 22.6 Å². The molecule has 1 aromatic heterocycles. The highest BCUT2D eigenvalue weighted by Crippen LogP contribution is 2.35. The highest BCUT2D eigenvalue weighted by atomic mass is 35.5. The maximum absolute atomic E-state index is 12.8. The van der Waals surface area contributed by atoms with Crippen LogP contribution in [0, 0.1) is 0 Å². The zero-order chi connectivity index (χ0) is 26.6. The lowest BCUT2D eigenvalue weighted by atomic mass is 10.0. The topological polar surface area (TPSA) is 36.3 Å². The van der Waals surface area contributed by atoms with Gasteiger partial charge in [-0.2, -0.15) is 13.2 Å². The molecule has 4 nitrogen and oxygen atoms in total. The van der Waals surface area contributed by atoms with Crippen LogP contribution >= 0.6 is 23.4 Å². The van der Waals surface area contributed by atoms with Crippen molar-refractivity contribution in [3.8, 4) is 11.1 Å². The predicted molar refractivity (Wildman–Crippen MR) is 143 cm³/mol. The van der Waals surface area contributed by atoms with Crippen LogP contribution in [0.4, 0.5) is 13.2 Å². The van der Waals surface area contributed by atoms with Gasteiger partial charge in [0.1, 0.15) is 0 Å². The third-order valence-electron chi connectivity index (χ3n) is 6.44. The monoisotopic (exact) mass is 558 g/mol. The van der Waals surface area contributed by atoms with E-state index in [4.69, 9.17) is 21.1 Å². The van der Waals surface area contributed by atoms with Crippen molar-refractivity contribution in [3.63, 3.8) is 0 Å². The molecule has 3 aromatic carbocycles.